The molecule has 1 aromatic heterocycles. The molecule has 2 atom stereocenters. The van der Waals surface area contributed by atoms with Gasteiger partial charge in [-0.15, -0.1) is 0 Å². The largest absolute Gasteiger partial charge is 0.481 e. The monoisotopic (exact) mass is 355 g/mol. The summed E-state index contributed by atoms with van der Waals surface area (Å²) < 4.78 is 5.27. The molecule has 1 N–H and O–H groups in total. The number of nitrogens with zero attached hydrogens (tertiary/aromatic N) is 2. The Kier molecular flexibility index (Phi) is 5.40. The fraction of sp³-hybridized carbons (Fsp3) is 0.450. The van der Waals surface area contributed by atoms with Crippen molar-refractivity contribution in [3.05, 3.63) is 35.9 Å². The molecule has 1 aliphatic rings. The van der Waals surface area contributed by atoms with Gasteiger partial charge in [0.2, 0.25) is 11.8 Å². The number of carbonyl (C=O) groups excluding carboxylic acids is 2. The first-order valence-corrected chi connectivity index (χ1v) is 9.03. The number of carbonyl (C=O) groups is 2. The van der Waals surface area contributed by atoms with Crippen LogP contribution in [0.2, 0.25) is 0 Å². The minimum Gasteiger partial charge on any atom is -0.481 e. The number of fused-ring (bicyclic) bond motifs is 1. The lowest BCUT2D eigenvalue weighted by Crippen LogP contribution is -2.39. The average molecular weight is 355 g/mol. The molecule has 0 saturated carbocycles. The van der Waals surface area contributed by atoms with Crippen molar-refractivity contribution in [3.8, 4) is 5.88 Å². The maximum Gasteiger partial charge on any atom is 0.254 e. The normalized spacial score (nSPS) is 19.6. The number of nitrogens with one attached hydrogen (secondary N) is 1. The standard InChI is InChI=1S/C20H25N3O3/c1-4-7-14-11-23(12-18(14)21-13(2)24)20(25)16-10-19(26-3)22-17-9-6-5-8-15(16)17/h5-6,8-10,14,18H,4,7,11-12H2,1-3H3,(H,21,24)/t14-,18-/m1/s1. The molecule has 0 bridgehead atoms. The summed E-state index contributed by atoms with van der Waals surface area (Å²) in [7, 11) is 1.55. The Morgan fingerprint density at radius 1 is 1.31 bits per heavy atom. The van der Waals surface area contributed by atoms with Crippen LogP contribution in [0.15, 0.2) is 30.3 Å². The summed E-state index contributed by atoms with van der Waals surface area (Å²) in [5.41, 5.74) is 1.32. The summed E-state index contributed by atoms with van der Waals surface area (Å²) in [6.07, 6.45) is 2.00. The molecule has 0 spiro atoms. The molecule has 1 aliphatic heterocycles. The summed E-state index contributed by atoms with van der Waals surface area (Å²) >= 11 is 0. The van der Waals surface area contributed by atoms with Crippen molar-refractivity contribution in [3.63, 3.8) is 0 Å². The zero-order valence-electron chi connectivity index (χ0n) is 15.5. The molecule has 138 valence electrons. The number of rotatable bonds is 5. The van der Waals surface area contributed by atoms with Gasteiger partial charge < -0.3 is 15.0 Å². The van der Waals surface area contributed by atoms with Crippen LogP contribution >= 0.6 is 0 Å². The fourth-order valence-corrected chi connectivity index (χ4v) is 3.73. The van der Waals surface area contributed by atoms with Crippen molar-refractivity contribution in [1.82, 2.24) is 15.2 Å². The van der Waals surface area contributed by atoms with E-state index in [4.69, 9.17) is 4.74 Å². The Morgan fingerprint density at radius 3 is 2.77 bits per heavy atom. The minimum absolute atomic E-state index is 0.00592. The second-order valence-corrected chi connectivity index (χ2v) is 6.80. The maximum atomic E-state index is 13.2. The van der Waals surface area contributed by atoms with E-state index in [9.17, 15) is 9.59 Å². The Balaban J connectivity index is 1.92. The Morgan fingerprint density at radius 2 is 2.08 bits per heavy atom. The molecule has 26 heavy (non-hydrogen) atoms. The number of aromatic nitrogens is 1. The predicted molar refractivity (Wildman–Crippen MR) is 100 cm³/mol. The second-order valence-electron chi connectivity index (χ2n) is 6.80. The SMILES string of the molecule is CCC[C@@H]1CN(C(=O)c2cc(OC)nc3ccccc23)C[C@H]1NC(C)=O. The van der Waals surface area contributed by atoms with Gasteiger partial charge in [-0.1, -0.05) is 31.5 Å². The van der Waals surface area contributed by atoms with Crippen LogP contribution in [0.3, 0.4) is 0 Å². The summed E-state index contributed by atoms with van der Waals surface area (Å²) in [6.45, 7) is 4.82. The van der Waals surface area contributed by atoms with E-state index in [2.05, 4.69) is 17.2 Å². The van der Waals surface area contributed by atoms with E-state index in [1.54, 1.807) is 13.2 Å². The van der Waals surface area contributed by atoms with Crippen molar-refractivity contribution in [1.29, 1.82) is 0 Å². The van der Waals surface area contributed by atoms with Crippen molar-refractivity contribution in [2.75, 3.05) is 20.2 Å². The Hall–Kier alpha value is -2.63. The highest BCUT2D eigenvalue weighted by molar-refractivity contribution is 6.06. The first-order valence-electron chi connectivity index (χ1n) is 9.03. The van der Waals surface area contributed by atoms with Gasteiger partial charge in [0.1, 0.15) is 0 Å². The van der Waals surface area contributed by atoms with Crippen molar-refractivity contribution >= 4 is 22.7 Å². The Labute approximate surface area is 153 Å². The number of methoxy groups -OCH3 is 1. The summed E-state index contributed by atoms with van der Waals surface area (Å²) in [4.78, 5) is 31.0. The van der Waals surface area contributed by atoms with E-state index in [0.717, 1.165) is 23.7 Å². The Bertz CT molecular complexity index is 821. The van der Waals surface area contributed by atoms with E-state index < -0.39 is 0 Å². The molecule has 2 amide bonds. The number of pyridine rings is 1. The number of likely N-dealkylation sites (tertiary alicyclic amines) is 1. The van der Waals surface area contributed by atoms with Crippen LogP contribution < -0.4 is 10.1 Å². The van der Waals surface area contributed by atoms with Gasteiger partial charge in [-0.2, -0.15) is 0 Å². The van der Waals surface area contributed by atoms with Gasteiger partial charge >= 0.3 is 0 Å². The number of hydrogen-bond acceptors (Lipinski definition) is 4. The molecule has 0 aliphatic carbocycles. The summed E-state index contributed by atoms with van der Waals surface area (Å²) in [5.74, 6) is 0.606. The number of amides is 2. The molecule has 1 saturated heterocycles. The van der Waals surface area contributed by atoms with Crippen LogP contribution in [-0.2, 0) is 4.79 Å². The van der Waals surface area contributed by atoms with E-state index in [1.165, 1.54) is 6.92 Å². The van der Waals surface area contributed by atoms with Gasteiger partial charge in [-0.25, -0.2) is 4.98 Å². The van der Waals surface area contributed by atoms with E-state index in [-0.39, 0.29) is 23.8 Å². The van der Waals surface area contributed by atoms with Gasteiger partial charge in [-0.05, 0) is 18.4 Å². The van der Waals surface area contributed by atoms with E-state index in [0.29, 0.717) is 24.5 Å². The molecular formula is C20H25N3O3. The molecule has 2 heterocycles. The molecule has 1 aromatic carbocycles. The number of hydrogen-bond donors (Lipinski definition) is 1. The molecule has 6 nitrogen and oxygen atoms in total. The quantitative estimate of drug-likeness (QED) is 0.895. The lowest BCUT2D eigenvalue weighted by atomic mass is 9.98. The zero-order valence-corrected chi connectivity index (χ0v) is 15.5. The molecule has 3 rings (SSSR count). The van der Waals surface area contributed by atoms with Gasteiger partial charge in [0.15, 0.2) is 0 Å². The minimum atomic E-state index is -0.0542. The van der Waals surface area contributed by atoms with Gasteiger partial charge in [-0.3, -0.25) is 9.59 Å². The highest BCUT2D eigenvalue weighted by atomic mass is 16.5. The first kappa shape index (κ1) is 18.2. The van der Waals surface area contributed by atoms with Gasteiger partial charge in [0.05, 0.1) is 24.2 Å². The van der Waals surface area contributed by atoms with Crippen LogP contribution in [0.5, 0.6) is 5.88 Å². The molecule has 0 unspecified atom stereocenters. The van der Waals surface area contributed by atoms with Crippen molar-refractivity contribution in [2.45, 2.75) is 32.7 Å². The van der Waals surface area contributed by atoms with Crippen molar-refractivity contribution in [2.24, 2.45) is 5.92 Å². The lowest BCUT2D eigenvalue weighted by Gasteiger charge is -2.18. The second kappa shape index (κ2) is 7.72. The van der Waals surface area contributed by atoms with Crippen LogP contribution in [0, 0.1) is 5.92 Å². The molecular weight excluding hydrogens is 330 g/mol. The summed E-state index contributed by atoms with van der Waals surface area (Å²) in [6, 6.07) is 9.27. The lowest BCUT2D eigenvalue weighted by molar-refractivity contribution is -0.119. The van der Waals surface area contributed by atoms with Crippen molar-refractivity contribution < 1.29 is 14.3 Å². The first-order chi connectivity index (χ1) is 12.5. The zero-order chi connectivity index (χ0) is 18.7. The maximum absolute atomic E-state index is 13.2. The highest BCUT2D eigenvalue weighted by Crippen LogP contribution is 2.27. The van der Waals surface area contributed by atoms with Gasteiger partial charge in [0, 0.05) is 31.5 Å². The third-order valence-electron chi connectivity index (χ3n) is 4.91. The number of ether oxygens (including phenoxy) is 1. The molecule has 1 fully saturated rings. The molecule has 2 aromatic rings. The van der Waals surface area contributed by atoms with Crippen LogP contribution in [0.4, 0.5) is 0 Å². The topological polar surface area (TPSA) is 71.5 Å². The fourth-order valence-electron chi connectivity index (χ4n) is 3.73. The summed E-state index contributed by atoms with van der Waals surface area (Å²) in [5, 5.41) is 3.82. The number of benzene rings is 1. The predicted octanol–water partition coefficient (Wildman–Crippen LogP) is 2.62. The molecule has 6 heteroatoms. The average Bonchev–Trinajstić information content (AvgIpc) is 3.02. The smallest absolute Gasteiger partial charge is 0.254 e. The third-order valence-corrected chi connectivity index (χ3v) is 4.91. The van der Waals surface area contributed by atoms with E-state index in [1.807, 2.05) is 29.2 Å². The van der Waals surface area contributed by atoms with Crippen LogP contribution in [-0.4, -0.2) is 47.9 Å². The third kappa shape index (κ3) is 3.64. The van der Waals surface area contributed by atoms with Crippen LogP contribution in [0.25, 0.3) is 10.9 Å². The van der Waals surface area contributed by atoms with Crippen LogP contribution in [0.1, 0.15) is 37.0 Å². The number of para-hydroxylation sites is 1. The van der Waals surface area contributed by atoms with E-state index >= 15 is 0 Å². The van der Waals surface area contributed by atoms with Gasteiger partial charge in [0.25, 0.3) is 5.91 Å². The molecule has 0 radical (unpaired) electrons. The highest BCUT2D eigenvalue weighted by Gasteiger charge is 2.36.